The van der Waals surface area contributed by atoms with Crippen molar-refractivity contribution in [1.82, 2.24) is 5.01 Å². The lowest BCUT2D eigenvalue weighted by Crippen LogP contribution is -2.34. The van der Waals surface area contributed by atoms with Gasteiger partial charge in [-0.05, 0) is 90.2 Å². The second-order valence-corrected chi connectivity index (χ2v) is 11.0. The first kappa shape index (κ1) is 23.7. The van der Waals surface area contributed by atoms with Gasteiger partial charge in [0.1, 0.15) is 17.2 Å². The zero-order valence-corrected chi connectivity index (χ0v) is 21.8. The number of thiophene rings is 2. The maximum atomic E-state index is 13.5. The lowest BCUT2D eigenvalue weighted by molar-refractivity contribution is -0.135. The minimum Gasteiger partial charge on any atom is -0.484 e. The first-order valence-corrected chi connectivity index (χ1v) is 14.1. The van der Waals surface area contributed by atoms with Crippen molar-refractivity contribution in [1.29, 1.82) is 0 Å². The Morgan fingerprint density at radius 1 is 0.919 bits per heavy atom. The standard InChI is InChI=1S/C30H26N2O3S2/c33-28(20-34-22-13-15-24(16-14-22)35-23-8-2-1-3-9-23)32-30(27-12-6-18-37-27)26-11-4-7-21(29(26)31-32)19-25-10-5-17-36-25/h1-3,5-6,8-10,12-19,26,30H,4,7,11,20H2/b21-19-. The van der Waals surface area contributed by atoms with Crippen molar-refractivity contribution in [3.8, 4) is 17.2 Å². The van der Waals surface area contributed by atoms with E-state index in [1.807, 2.05) is 60.7 Å². The van der Waals surface area contributed by atoms with E-state index < -0.39 is 0 Å². The van der Waals surface area contributed by atoms with E-state index in [2.05, 4.69) is 35.0 Å². The van der Waals surface area contributed by atoms with Crippen LogP contribution in [0.25, 0.3) is 6.08 Å². The van der Waals surface area contributed by atoms with Crippen molar-refractivity contribution < 1.29 is 14.3 Å². The van der Waals surface area contributed by atoms with Crippen molar-refractivity contribution in [3.63, 3.8) is 0 Å². The molecule has 186 valence electrons. The highest BCUT2D eigenvalue weighted by molar-refractivity contribution is 7.11. The SMILES string of the molecule is O=C(COc1ccc(Oc2ccccc2)cc1)N1N=C2/C(=C\c3cccs3)CCCC2C1c1cccs1. The number of fused-ring (bicyclic) bond motifs is 1. The molecule has 6 rings (SSSR count). The van der Waals surface area contributed by atoms with E-state index in [-0.39, 0.29) is 24.5 Å². The van der Waals surface area contributed by atoms with Gasteiger partial charge in [0.2, 0.25) is 0 Å². The Hall–Kier alpha value is -3.68. The van der Waals surface area contributed by atoms with E-state index in [0.717, 1.165) is 35.6 Å². The number of rotatable bonds is 7. The molecule has 1 saturated carbocycles. The lowest BCUT2D eigenvalue weighted by atomic mass is 9.79. The predicted octanol–water partition coefficient (Wildman–Crippen LogP) is 7.80. The molecule has 1 aliphatic heterocycles. The maximum Gasteiger partial charge on any atom is 0.281 e. The number of nitrogens with zero attached hydrogens (tertiary/aromatic N) is 2. The Morgan fingerprint density at radius 2 is 1.68 bits per heavy atom. The molecule has 37 heavy (non-hydrogen) atoms. The Kier molecular flexibility index (Phi) is 6.88. The highest BCUT2D eigenvalue weighted by atomic mass is 32.1. The van der Waals surface area contributed by atoms with Crippen molar-refractivity contribution >= 4 is 40.4 Å². The van der Waals surface area contributed by atoms with E-state index >= 15 is 0 Å². The summed E-state index contributed by atoms with van der Waals surface area (Å²) in [6, 6.07) is 25.2. The largest absolute Gasteiger partial charge is 0.484 e. The van der Waals surface area contributed by atoms with Crippen LogP contribution >= 0.6 is 22.7 Å². The van der Waals surface area contributed by atoms with Crippen LogP contribution < -0.4 is 9.47 Å². The van der Waals surface area contributed by atoms with E-state index in [4.69, 9.17) is 14.6 Å². The highest BCUT2D eigenvalue weighted by Gasteiger charge is 2.44. The molecular formula is C30H26N2O3S2. The number of hydrogen-bond acceptors (Lipinski definition) is 6. The van der Waals surface area contributed by atoms with Crippen molar-refractivity contribution in [3.05, 3.63) is 105 Å². The minimum absolute atomic E-state index is 0.0752. The van der Waals surface area contributed by atoms with Gasteiger partial charge in [0.15, 0.2) is 6.61 Å². The van der Waals surface area contributed by atoms with Crippen LogP contribution in [-0.2, 0) is 4.79 Å². The molecule has 1 amide bonds. The van der Waals surface area contributed by atoms with E-state index in [0.29, 0.717) is 11.5 Å². The molecule has 0 saturated heterocycles. The summed E-state index contributed by atoms with van der Waals surface area (Å²) in [5.74, 6) is 2.16. The highest BCUT2D eigenvalue weighted by Crippen LogP contribution is 2.45. The third kappa shape index (κ3) is 5.24. The number of carbonyl (C=O) groups excluding carboxylic acids is 1. The third-order valence-electron chi connectivity index (χ3n) is 6.62. The fourth-order valence-electron chi connectivity index (χ4n) is 4.93. The first-order chi connectivity index (χ1) is 18.2. The molecule has 2 unspecified atom stereocenters. The lowest BCUT2D eigenvalue weighted by Gasteiger charge is -2.28. The molecule has 1 aliphatic carbocycles. The summed E-state index contributed by atoms with van der Waals surface area (Å²) in [5.41, 5.74) is 2.29. The second kappa shape index (κ2) is 10.7. The van der Waals surface area contributed by atoms with Crippen LogP contribution in [0.4, 0.5) is 0 Å². The fourth-order valence-corrected chi connectivity index (χ4v) is 6.49. The summed E-state index contributed by atoms with van der Waals surface area (Å²) < 4.78 is 11.7. The van der Waals surface area contributed by atoms with Crippen LogP contribution in [0.5, 0.6) is 17.2 Å². The van der Waals surface area contributed by atoms with E-state index in [1.54, 1.807) is 27.7 Å². The van der Waals surface area contributed by atoms with Gasteiger partial charge in [0.05, 0.1) is 11.8 Å². The Labute approximate surface area is 224 Å². The molecule has 3 heterocycles. The number of hydrazone groups is 1. The topological polar surface area (TPSA) is 51.1 Å². The quantitative estimate of drug-likeness (QED) is 0.247. The third-order valence-corrected chi connectivity index (χ3v) is 8.38. The summed E-state index contributed by atoms with van der Waals surface area (Å²) in [6.45, 7) is -0.0752. The molecule has 7 heteroatoms. The number of benzene rings is 2. The Bertz CT molecular complexity index is 1400. The number of para-hydroxylation sites is 1. The number of hydrogen-bond donors (Lipinski definition) is 0. The molecule has 2 atom stereocenters. The van der Waals surface area contributed by atoms with Gasteiger partial charge in [-0.25, -0.2) is 5.01 Å². The van der Waals surface area contributed by atoms with Crippen molar-refractivity contribution in [2.45, 2.75) is 25.3 Å². The van der Waals surface area contributed by atoms with Gasteiger partial charge in [0, 0.05) is 15.7 Å². The van der Waals surface area contributed by atoms with Gasteiger partial charge in [-0.2, -0.15) is 5.10 Å². The molecular weight excluding hydrogens is 500 g/mol. The fraction of sp³-hybridized carbons (Fsp3) is 0.200. The van der Waals surface area contributed by atoms with Crippen molar-refractivity contribution in [2.24, 2.45) is 11.0 Å². The van der Waals surface area contributed by atoms with Gasteiger partial charge >= 0.3 is 0 Å². The molecule has 1 fully saturated rings. The van der Waals surface area contributed by atoms with Gasteiger partial charge < -0.3 is 9.47 Å². The monoisotopic (exact) mass is 526 g/mol. The van der Waals surface area contributed by atoms with Crippen LogP contribution in [-0.4, -0.2) is 23.2 Å². The van der Waals surface area contributed by atoms with Crippen LogP contribution in [0.1, 0.15) is 35.1 Å². The van der Waals surface area contributed by atoms with Gasteiger partial charge in [-0.3, -0.25) is 4.79 Å². The summed E-state index contributed by atoms with van der Waals surface area (Å²) in [6.07, 6.45) is 5.35. The molecule has 4 aromatic rings. The van der Waals surface area contributed by atoms with Crippen molar-refractivity contribution in [2.75, 3.05) is 6.61 Å². The summed E-state index contributed by atoms with van der Waals surface area (Å²) >= 11 is 3.41. The number of ether oxygens (including phenoxy) is 2. The molecule has 2 aromatic heterocycles. The number of carbonyl (C=O) groups is 1. The first-order valence-electron chi connectivity index (χ1n) is 12.4. The minimum atomic E-state index is -0.139. The molecule has 0 N–H and O–H groups in total. The predicted molar refractivity (Wildman–Crippen MR) is 149 cm³/mol. The van der Waals surface area contributed by atoms with E-state index in [1.165, 1.54) is 10.5 Å². The van der Waals surface area contributed by atoms with Gasteiger partial charge in [-0.15, -0.1) is 22.7 Å². The summed E-state index contributed by atoms with van der Waals surface area (Å²) in [5, 5.41) is 10.8. The second-order valence-electron chi connectivity index (χ2n) is 9.04. The summed E-state index contributed by atoms with van der Waals surface area (Å²) in [7, 11) is 0. The van der Waals surface area contributed by atoms with Gasteiger partial charge in [0.25, 0.3) is 5.91 Å². The maximum absolute atomic E-state index is 13.5. The smallest absolute Gasteiger partial charge is 0.281 e. The zero-order chi connectivity index (χ0) is 25.0. The molecule has 2 aliphatic rings. The Morgan fingerprint density at radius 3 is 2.43 bits per heavy atom. The Balaban J connectivity index is 1.18. The number of allylic oxidation sites excluding steroid dienone is 1. The van der Waals surface area contributed by atoms with Gasteiger partial charge in [-0.1, -0.05) is 30.3 Å². The average molecular weight is 527 g/mol. The summed E-state index contributed by atoms with van der Waals surface area (Å²) in [4.78, 5) is 15.8. The molecule has 0 spiro atoms. The van der Waals surface area contributed by atoms with E-state index in [9.17, 15) is 4.79 Å². The molecule has 0 bridgehead atoms. The zero-order valence-electron chi connectivity index (χ0n) is 20.2. The average Bonchev–Trinajstić information content (AvgIpc) is 3.70. The normalized spacial score (nSPS) is 19.9. The molecule has 0 radical (unpaired) electrons. The molecule has 2 aromatic carbocycles. The number of amides is 1. The van der Waals surface area contributed by atoms with Crippen LogP contribution in [0, 0.1) is 5.92 Å². The van der Waals surface area contributed by atoms with Crippen LogP contribution in [0.3, 0.4) is 0 Å². The molecule has 5 nitrogen and oxygen atoms in total. The van der Waals surface area contributed by atoms with Crippen LogP contribution in [0.15, 0.2) is 100 Å². The van der Waals surface area contributed by atoms with Crippen LogP contribution in [0.2, 0.25) is 0 Å².